The average Bonchev–Trinajstić information content (AvgIpc) is 2.73. The molecule has 1 aromatic carbocycles. The molecule has 0 fully saturated rings. The van der Waals surface area contributed by atoms with E-state index in [0.29, 0.717) is 41.8 Å². The quantitative estimate of drug-likeness (QED) is 0.540. The van der Waals surface area contributed by atoms with E-state index in [1.165, 1.54) is 13.2 Å². The van der Waals surface area contributed by atoms with E-state index in [-0.39, 0.29) is 24.5 Å². The van der Waals surface area contributed by atoms with Crippen LogP contribution in [-0.4, -0.2) is 56.9 Å². The van der Waals surface area contributed by atoms with Gasteiger partial charge in [0.1, 0.15) is 12.3 Å². The number of amides is 2. The van der Waals surface area contributed by atoms with Gasteiger partial charge in [-0.25, -0.2) is 4.98 Å². The lowest BCUT2D eigenvalue weighted by Crippen LogP contribution is -2.34. The highest BCUT2D eigenvalue weighted by Gasteiger charge is 2.15. The summed E-state index contributed by atoms with van der Waals surface area (Å²) in [6.07, 6.45) is 1.57. The number of benzene rings is 1. The summed E-state index contributed by atoms with van der Waals surface area (Å²) in [5, 5.41) is 5.50. The molecule has 1 heterocycles. The van der Waals surface area contributed by atoms with Crippen LogP contribution in [0.15, 0.2) is 36.5 Å². The molecule has 0 aliphatic rings. The van der Waals surface area contributed by atoms with Gasteiger partial charge in [-0.05, 0) is 44.2 Å². The van der Waals surface area contributed by atoms with Crippen LogP contribution in [0.2, 0.25) is 0 Å². The Morgan fingerprint density at radius 1 is 1.07 bits per heavy atom. The van der Waals surface area contributed by atoms with Crippen molar-refractivity contribution in [1.82, 2.24) is 10.3 Å². The Morgan fingerprint density at radius 2 is 1.87 bits per heavy atom. The molecule has 1 aromatic heterocycles. The van der Waals surface area contributed by atoms with Crippen LogP contribution < -0.4 is 24.8 Å². The molecule has 0 unspecified atom stereocenters. The summed E-state index contributed by atoms with van der Waals surface area (Å²) in [5.74, 6) is 0.375. The highest BCUT2D eigenvalue weighted by Crippen LogP contribution is 2.29. The van der Waals surface area contributed by atoms with E-state index >= 15 is 0 Å². The van der Waals surface area contributed by atoms with E-state index < -0.39 is 0 Å². The zero-order chi connectivity index (χ0) is 21.9. The molecule has 2 aromatic rings. The van der Waals surface area contributed by atoms with Crippen LogP contribution in [0.5, 0.6) is 17.4 Å². The summed E-state index contributed by atoms with van der Waals surface area (Å²) in [6.45, 7) is 4.28. The van der Waals surface area contributed by atoms with Crippen molar-refractivity contribution in [1.29, 1.82) is 0 Å². The van der Waals surface area contributed by atoms with Crippen molar-refractivity contribution in [2.45, 2.75) is 19.9 Å². The second-order valence-corrected chi connectivity index (χ2v) is 6.53. The predicted molar refractivity (Wildman–Crippen MR) is 111 cm³/mol. The number of carbonyl (C=O) groups excluding carboxylic acids is 2. The molecule has 0 saturated heterocycles. The number of pyridine rings is 1. The van der Waals surface area contributed by atoms with Gasteiger partial charge in [-0.1, -0.05) is 0 Å². The van der Waals surface area contributed by atoms with E-state index in [1.807, 2.05) is 13.8 Å². The average molecular weight is 417 g/mol. The molecule has 0 radical (unpaired) electrons. The van der Waals surface area contributed by atoms with E-state index in [1.54, 1.807) is 37.6 Å². The second-order valence-electron chi connectivity index (χ2n) is 6.53. The largest absolute Gasteiger partial charge is 0.493 e. The van der Waals surface area contributed by atoms with E-state index in [9.17, 15) is 9.59 Å². The Kier molecular flexibility index (Phi) is 8.89. The number of ether oxygens (including phenoxy) is 4. The van der Waals surface area contributed by atoms with Crippen molar-refractivity contribution in [3.8, 4) is 17.4 Å². The van der Waals surface area contributed by atoms with Crippen molar-refractivity contribution in [2.24, 2.45) is 0 Å². The second kappa shape index (κ2) is 11.6. The molecule has 0 atom stereocenters. The van der Waals surface area contributed by atoms with E-state index in [4.69, 9.17) is 18.9 Å². The highest BCUT2D eigenvalue weighted by molar-refractivity contribution is 6.05. The van der Waals surface area contributed by atoms with E-state index in [0.717, 1.165) is 0 Å². The van der Waals surface area contributed by atoms with Crippen LogP contribution in [0.4, 0.5) is 5.69 Å². The lowest BCUT2D eigenvalue weighted by atomic mass is 10.2. The Hall–Kier alpha value is -3.33. The standard InChI is InChI=1S/C21H27N3O6/c1-14(2)23-19(25)13-30-17-8-7-15(12-18(17)28-4)20(26)24-16-6-5-9-22-21(16)29-11-10-27-3/h5-9,12,14H,10-11,13H2,1-4H3,(H,23,25)(H,24,26). The van der Waals surface area contributed by atoms with E-state index in [2.05, 4.69) is 15.6 Å². The normalized spacial score (nSPS) is 10.4. The molecule has 0 aliphatic carbocycles. The Labute approximate surface area is 175 Å². The topological polar surface area (TPSA) is 108 Å². The van der Waals surface area contributed by atoms with Gasteiger partial charge in [-0.3, -0.25) is 9.59 Å². The molecule has 0 bridgehead atoms. The predicted octanol–water partition coefficient (Wildman–Crippen LogP) is 2.27. The first-order valence-electron chi connectivity index (χ1n) is 9.43. The SMILES string of the molecule is COCCOc1ncccc1NC(=O)c1ccc(OCC(=O)NC(C)C)c(OC)c1. The minimum Gasteiger partial charge on any atom is -0.493 e. The molecule has 9 nitrogen and oxygen atoms in total. The molecule has 30 heavy (non-hydrogen) atoms. The smallest absolute Gasteiger partial charge is 0.258 e. The van der Waals surface area contributed by atoms with Crippen LogP contribution in [0.3, 0.4) is 0 Å². The first-order chi connectivity index (χ1) is 14.4. The third kappa shape index (κ3) is 6.93. The number of carbonyl (C=O) groups is 2. The number of nitrogens with one attached hydrogen (secondary N) is 2. The molecule has 0 saturated carbocycles. The number of nitrogens with zero attached hydrogens (tertiary/aromatic N) is 1. The summed E-state index contributed by atoms with van der Waals surface area (Å²) in [4.78, 5) is 28.6. The fourth-order valence-electron chi connectivity index (χ4n) is 2.45. The summed E-state index contributed by atoms with van der Waals surface area (Å²) < 4.78 is 21.3. The number of rotatable bonds is 11. The van der Waals surface area contributed by atoms with Crippen molar-refractivity contribution >= 4 is 17.5 Å². The summed E-state index contributed by atoms with van der Waals surface area (Å²) in [6, 6.07) is 8.09. The summed E-state index contributed by atoms with van der Waals surface area (Å²) in [7, 11) is 3.03. The third-order valence-electron chi connectivity index (χ3n) is 3.78. The Morgan fingerprint density at radius 3 is 2.57 bits per heavy atom. The first-order valence-corrected chi connectivity index (χ1v) is 9.43. The maximum Gasteiger partial charge on any atom is 0.258 e. The minimum atomic E-state index is -0.373. The van der Waals surface area contributed by atoms with Gasteiger partial charge in [-0.15, -0.1) is 0 Å². The van der Waals surface area contributed by atoms with Gasteiger partial charge in [0.2, 0.25) is 5.88 Å². The molecular weight excluding hydrogens is 390 g/mol. The molecule has 0 spiro atoms. The number of hydrogen-bond donors (Lipinski definition) is 2. The lowest BCUT2D eigenvalue weighted by molar-refractivity contribution is -0.123. The first kappa shape index (κ1) is 23.0. The monoisotopic (exact) mass is 417 g/mol. The third-order valence-corrected chi connectivity index (χ3v) is 3.78. The van der Waals surface area contributed by atoms with Gasteiger partial charge < -0.3 is 29.6 Å². The minimum absolute atomic E-state index is 0.0184. The van der Waals surface area contributed by atoms with Crippen LogP contribution in [0.25, 0.3) is 0 Å². The van der Waals surface area contributed by atoms with Crippen LogP contribution in [-0.2, 0) is 9.53 Å². The molecular formula is C21H27N3O6. The lowest BCUT2D eigenvalue weighted by Gasteiger charge is -2.14. The van der Waals surface area contributed by atoms with Crippen molar-refractivity contribution in [3.05, 3.63) is 42.1 Å². The number of hydrogen-bond acceptors (Lipinski definition) is 7. The summed E-state index contributed by atoms with van der Waals surface area (Å²) in [5.41, 5.74) is 0.778. The number of methoxy groups -OCH3 is 2. The fraction of sp³-hybridized carbons (Fsp3) is 0.381. The fourth-order valence-corrected chi connectivity index (χ4v) is 2.45. The zero-order valence-corrected chi connectivity index (χ0v) is 17.6. The number of aromatic nitrogens is 1. The van der Waals surface area contributed by atoms with Gasteiger partial charge >= 0.3 is 0 Å². The van der Waals surface area contributed by atoms with Crippen molar-refractivity contribution < 1.29 is 28.5 Å². The van der Waals surface area contributed by atoms with Gasteiger partial charge in [0.05, 0.1) is 13.7 Å². The molecule has 2 rings (SSSR count). The zero-order valence-electron chi connectivity index (χ0n) is 17.6. The van der Waals surface area contributed by atoms with Gasteiger partial charge in [0.15, 0.2) is 18.1 Å². The highest BCUT2D eigenvalue weighted by atomic mass is 16.5. The maximum atomic E-state index is 12.7. The van der Waals surface area contributed by atoms with Gasteiger partial charge in [0, 0.05) is 24.9 Å². The maximum absolute atomic E-state index is 12.7. The Balaban J connectivity index is 2.07. The Bertz CT molecular complexity index is 856. The molecule has 9 heteroatoms. The summed E-state index contributed by atoms with van der Waals surface area (Å²) >= 11 is 0. The number of anilines is 1. The van der Waals surface area contributed by atoms with Crippen LogP contribution >= 0.6 is 0 Å². The molecule has 0 aliphatic heterocycles. The molecule has 2 N–H and O–H groups in total. The van der Waals surface area contributed by atoms with Crippen LogP contribution in [0.1, 0.15) is 24.2 Å². The molecule has 2 amide bonds. The van der Waals surface area contributed by atoms with Gasteiger partial charge in [0.25, 0.3) is 11.8 Å². The molecule has 162 valence electrons. The van der Waals surface area contributed by atoms with Crippen molar-refractivity contribution in [2.75, 3.05) is 39.4 Å². The van der Waals surface area contributed by atoms with Gasteiger partial charge in [-0.2, -0.15) is 0 Å². The van der Waals surface area contributed by atoms with Crippen LogP contribution in [0, 0.1) is 0 Å². The van der Waals surface area contributed by atoms with Crippen molar-refractivity contribution in [3.63, 3.8) is 0 Å².